The van der Waals surface area contributed by atoms with Crippen molar-refractivity contribution in [2.24, 2.45) is 0 Å². The average Bonchev–Trinajstić information content (AvgIpc) is 3.14. The molecule has 1 fully saturated rings. The fourth-order valence-corrected chi connectivity index (χ4v) is 2.88. The molecule has 4 nitrogen and oxygen atoms in total. The van der Waals surface area contributed by atoms with Crippen LogP contribution in [0, 0.1) is 11.6 Å². The Labute approximate surface area is 123 Å². The highest BCUT2D eigenvalue weighted by atomic mass is 79.9. The Morgan fingerprint density at radius 3 is 2.57 bits per heavy atom. The van der Waals surface area contributed by atoms with Gasteiger partial charge in [-0.05, 0) is 22.0 Å². The van der Waals surface area contributed by atoms with Crippen molar-refractivity contribution >= 4 is 32.8 Å². The van der Waals surface area contributed by atoms with Gasteiger partial charge in [0.1, 0.15) is 11.7 Å². The number of alkyl halides is 1. The summed E-state index contributed by atoms with van der Waals surface area (Å²) in [5.74, 6) is -4.00. The number of aromatic nitrogens is 1. The van der Waals surface area contributed by atoms with Gasteiger partial charge in [0.25, 0.3) is 0 Å². The maximum absolute atomic E-state index is 13.7. The summed E-state index contributed by atoms with van der Waals surface area (Å²) in [6.07, 6.45) is -0.112. The van der Waals surface area contributed by atoms with E-state index in [2.05, 4.69) is 15.9 Å². The van der Waals surface area contributed by atoms with Gasteiger partial charge in [-0.15, -0.1) is 0 Å². The molecule has 1 aliphatic carbocycles. The number of hydrogen-bond acceptors (Lipinski definition) is 2. The predicted octanol–water partition coefficient (Wildman–Crippen LogP) is 3.02. The van der Waals surface area contributed by atoms with E-state index in [-0.39, 0.29) is 21.8 Å². The molecule has 0 unspecified atom stereocenters. The van der Waals surface area contributed by atoms with Crippen LogP contribution in [0.25, 0.3) is 10.9 Å². The minimum Gasteiger partial charge on any atom is -0.477 e. The highest BCUT2D eigenvalue weighted by molar-refractivity contribution is 9.10. The Kier molecular flexibility index (Phi) is 3.09. The Balaban J connectivity index is 2.49. The van der Waals surface area contributed by atoms with Gasteiger partial charge in [-0.1, -0.05) is 0 Å². The van der Waals surface area contributed by atoms with E-state index >= 15 is 0 Å². The standard InChI is InChI=1S/C13H7BrF3NO3/c14-9-10(17)7(16)1-4-11(9)18(8-2-6(8)15)3-5(12(4)19)13(20)21/h1,3,6,8H,2H2,(H,20,21)/t6-,8-/m1/s1. The van der Waals surface area contributed by atoms with Crippen molar-refractivity contribution < 1.29 is 23.1 Å². The second-order valence-corrected chi connectivity index (χ2v) is 5.58. The zero-order valence-electron chi connectivity index (χ0n) is 10.2. The maximum atomic E-state index is 13.7. The molecule has 0 aliphatic heterocycles. The van der Waals surface area contributed by atoms with Crippen LogP contribution in [-0.4, -0.2) is 21.8 Å². The van der Waals surface area contributed by atoms with Gasteiger partial charge < -0.3 is 9.67 Å². The summed E-state index contributed by atoms with van der Waals surface area (Å²) >= 11 is 2.85. The van der Waals surface area contributed by atoms with Crippen LogP contribution in [0.3, 0.4) is 0 Å². The van der Waals surface area contributed by atoms with Crippen LogP contribution >= 0.6 is 15.9 Å². The summed E-state index contributed by atoms with van der Waals surface area (Å²) in [5, 5.41) is 8.72. The molecule has 0 amide bonds. The first kappa shape index (κ1) is 14.1. The number of hydrogen-bond donors (Lipinski definition) is 1. The quantitative estimate of drug-likeness (QED) is 0.836. The van der Waals surface area contributed by atoms with Crippen LogP contribution in [0.1, 0.15) is 22.8 Å². The first-order chi connectivity index (χ1) is 9.82. The molecule has 2 aromatic rings. The summed E-state index contributed by atoms with van der Waals surface area (Å²) in [4.78, 5) is 23.2. The van der Waals surface area contributed by atoms with E-state index in [9.17, 15) is 22.8 Å². The van der Waals surface area contributed by atoms with Gasteiger partial charge in [0.15, 0.2) is 11.6 Å². The molecule has 1 saturated carbocycles. The van der Waals surface area contributed by atoms with E-state index in [0.717, 1.165) is 6.20 Å². The number of carboxylic acids is 1. The topological polar surface area (TPSA) is 59.3 Å². The number of carbonyl (C=O) groups is 1. The zero-order chi connectivity index (χ0) is 15.5. The monoisotopic (exact) mass is 361 g/mol. The molecular weight excluding hydrogens is 355 g/mol. The van der Waals surface area contributed by atoms with Gasteiger partial charge in [0.05, 0.1) is 21.4 Å². The van der Waals surface area contributed by atoms with Gasteiger partial charge in [0.2, 0.25) is 5.43 Å². The molecule has 1 N–H and O–H groups in total. The molecule has 8 heteroatoms. The number of benzene rings is 1. The minimum atomic E-state index is -1.51. The highest BCUT2D eigenvalue weighted by Crippen LogP contribution is 2.42. The van der Waals surface area contributed by atoms with Crippen molar-refractivity contribution in [2.75, 3.05) is 0 Å². The lowest BCUT2D eigenvalue weighted by Gasteiger charge is -2.13. The van der Waals surface area contributed by atoms with Crippen LogP contribution in [0.4, 0.5) is 13.2 Å². The van der Waals surface area contributed by atoms with Gasteiger partial charge in [0, 0.05) is 12.6 Å². The number of carboxylic acid groups (broad SMARTS) is 1. The Morgan fingerprint density at radius 2 is 2.05 bits per heavy atom. The van der Waals surface area contributed by atoms with Crippen LogP contribution in [-0.2, 0) is 0 Å². The highest BCUT2D eigenvalue weighted by Gasteiger charge is 2.40. The van der Waals surface area contributed by atoms with Gasteiger partial charge in [-0.2, -0.15) is 0 Å². The van der Waals surface area contributed by atoms with E-state index < -0.39 is 40.8 Å². The molecule has 1 aromatic carbocycles. The summed E-state index contributed by atoms with van der Waals surface area (Å²) in [6, 6.07) is -0.0524. The third-order valence-electron chi connectivity index (χ3n) is 3.42. The molecule has 3 rings (SSSR count). The number of halogens is 4. The first-order valence-corrected chi connectivity index (χ1v) is 6.72. The van der Waals surface area contributed by atoms with Crippen molar-refractivity contribution in [1.29, 1.82) is 0 Å². The van der Waals surface area contributed by atoms with Crippen molar-refractivity contribution in [3.63, 3.8) is 0 Å². The van der Waals surface area contributed by atoms with E-state index in [0.29, 0.717) is 6.07 Å². The summed E-state index contributed by atoms with van der Waals surface area (Å²) < 4.78 is 41.3. The minimum absolute atomic E-state index is 0.0472. The molecule has 0 spiro atoms. The largest absolute Gasteiger partial charge is 0.477 e. The Bertz CT molecular complexity index is 849. The number of pyridine rings is 1. The zero-order valence-corrected chi connectivity index (χ0v) is 11.8. The van der Waals surface area contributed by atoms with Gasteiger partial charge in [-0.3, -0.25) is 4.79 Å². The Hall–Kier alpha value is -1.83. The van der Waals surface area contributed by atoms with Crippen molar-refractivity contribution in [2.45, 2.75) is 18.6 Å². The fourth-order valence-electron chi connectivity index (χ4n) is 2.27. The fraction of sp³-hybridized carbons (Fsp3) is 0.231. The summed E-state index contributed by atoms with van der Waals surface area (Å²) in [7, 11) is 0. The van der Waals surface area contributed by atoms with E-state index in [4.69, 9.17) is 5.11 Å². The predicted molar refractivity (Wildman–Crippen MR) is 71.3 cm³/mol. The lowest BCUT2D eigenvalue weighted by molar-refractivity contribution is 0.0694. The van der Waals surface area contributed by atoms with E-state index in [1.807, 2.05) is 0 Å². The van der Waals surface area contributed by atoms with Gasteiger partial charge in [-0.25, -0.2) is 18.0 Å². The lowest BCUT2D eigenvalue weighted by atomic mass is 10.1. The molecule has 21 heavy (non-hydrogen) atoms. The molecular formula is C13H7BrF3NO3. The molecule has 0 radical (unpaired) electrons. The second kappa shape index (κ2) is 4.59. The molecule has 1 heterocycles. The Morgan fingerprint density at radius 1 is 1.43 bits per heavy atom. The average molecular weight is 362 g/mol. The van der Waals surface area contributed by atoms with Crippen molar-refractivity contribution in [1.82, 2.24) is 4.57 Å². The number of nitrogens with zero attached hydrogens (tertiary/aromatic N) is 1. The SMILES string of the molecule is O=C(O)c1cn([C@@H]2C[C@H]2F)c2c(Br)c(F)c(F)cc2c1=O. The number of aromatic carboxylic acids is 1. The van der Waals surface area contributed by atoms with Crippen molar-refractivity contribution in [3.05, 3.63) is 44.2 Å². The number of fused-ring (bicyclic) bond motifs is 1. The normalized spacial score (nSPS) is 20.8. The molecule has 0 bridgehead atoms. The molecule has 110 valence electrons. The van der Waals surface area contributed by atoms with Crippen LogP contribution < -0.4 is 5.43 Å². The van der Waals surface area contributed by atoms with E-state index in [1.165, 1.54) is 4.57 Å². The molecule has 1 aliphatic rings. The molecule has 2 atom stereocenters. The summed E-state index contributed by atoms with van der Waals surface area (Å²) in [5.41, 5.74) is -1.60. The van der Waals surface area contributed by atoms with Crippen molar-refractivity contribution in [3.8, 4) is 0 Å². The first-order valence-electron chi connectivity index (χ1n) is 5.92. The maximum Gasteiger partial charge on any atom is 0.341 e. The molecule has 1 aromatic heterocycles. The third kappa shape index (κ3) is 2.05. The van der Waals surface area contributed by atoms with Crippen LogP contribution in [0.5, 0.6) is 0 Å². The van der Waals surface area contributed by atoms with E-state index in [1.54, 1.807) is 0 Å². The molecule has 0 saturated heterocycles. The summed E-state index contributed by atoms with van der Waals surface area (Å²) in [6.45, 7) is 0. The lowest BCUT2D eigenvalue weighted by Crippen LogP contribution is -2.20. The third-order valence-corrected chi connectivity index (χ3v) is 4.14. The second-order valence-electron chi connectivity index (χ2n) is 4.79. The van der Waals surface area contributed by atoms with Crippen LogP contribution in [0.15, 0.2) is 21.5 Å². The van der Waals surface area contributed by atoms with Gasteiger partial charge >= 0.3 is 5.97 Å². The number of rotatable bonds is 2. The van der Waals surface area contributed by atoms with Crippen LogP contribution in [0.2, 0.25) is 0 Å². The smallest absolute Gasteiger partial charge is 0.341 e.